The molecule has 0 amide bonds. The molecule has 0 unspecified atom stereocenters. The molecule has 0 fully saturated rings. The van der Waals surface area contributed by atoms with Gasteiger partial charge in [0.25, 0.3) is 0 Å². The Balaban J connectivity index is 1.47. The van der Waals surface area contributed by atoms with E-state index in [2.05, 4.69) is 69.3 Å². The first-order valence-electron chi connectivity index (χ1n) is 11.8. The molecule has 0 spiro atoms. The van der Waals surface area contributed by atoms with Crippen LogP contribution in [0.15, 0.2) is 78.9 Å². The van der Waals surface area contributed by atoms with Crippen molar-refractivity contribution in [3.05, 3.63) is 107 Å². The number of aromatic nitrogens is 4. The van der Waals surface area contributed by atoms with Gasteiger partial charge in [-0.2, -0.15) is 0 Å². The molecule has 0 aliphatic carbocycles. The molecule has 35 heavy (non-hydrogen) atoms. The molecule has 0 radical (unpaired) electrons. The van der Waals surface area contributed by atoms with Crippen LogP contribution in [-0.2, 0) is 0 Å². The molecule has 2 heterocycles. The summed E-state index contributed by atoms with van der Waals surface area (Å²) in [5.74, 6) is 1.50. The quantitative estimate of drug-likeness (QED) is 0.281. The van der Waals surface area contributed by atoms with E-state index in [1.54, 1.807) is 0 Å². The smallest absolute Gasteiger partial charge is 0.159 e. The summed E-state index contributed by atoms with van der Waals surface area (Å²) in [4.78, 5) is 19.3. The second-order valence-corrected chi connectivity index (χ2v) is 9.00. The molecular weight excluding hydrogens is 428 g/mol. The van der Waals surface area contributed by atoms with Gasteiger partial charge >= 0.3 is 0 Å². The molecule has 3 aromatic carbocycles. The maximum Gasteiger partial charge on any atom is 0.159 e. The highest BCUT2D eigenvalue weighted by molar-refractivity contribution is 5.74. The van der Waals surface area contributed by atoms with E-state index < -0.39 is 0 Å². The lowest BCUT2D eigenvalue weighted by molar-refractivity contribution is 1.06. The molecular formula is C31H28N4. The maximum atomic E-state index is 4.85. The minimum Gasteiger partial charge on any atom is -0.233 e. The lowest BCUT2D eigenvalue weighted by Gasteiger charge is -2.13. The molecule has 0 saturated heterocycles. The second kappa shape index (κ2) is 9.22. The normalized spacial score (nSPS) is 11.0. The summed E-state index contributed by atoms with van der Waals surface area (Å²) in [6.07, 6.45) is 0. The van der Waals surface area contributed by atoms with Gasteiger partial charge in [0, 0.05) is 45.0 Å². The third kappa shape index (κ3) is 4.47. The largest absolute Gasteiger partial charge is 0.233 e. The minimum absolute atomic E-state index is 0.742. The van der Waals surface area contributed by atoms with Crippen LogP contribution in [-0.4, -0.2) is 19.9 Å². The SMILES string of the molecule is Cc1ccc(-c2c(C)nc(-c3ccc(-c4c(C)nc(-c5ccccc5)nc4C)cc3)nc2C)cc1. The topological polar surface area (TPSA) is 51.6 Å². The molecule has 4 heteroatoms. The van der Waals surface area contributed by atoms with Crippen LogP contribution in [0, 0.1) is 34.6 Å². The van der Waals surface area contributed by atoms with Crippen molar-refractivity contribution in [2.24, 2.45) is 0 Å². The van der Waals surface area contributed by atoms with Crippen molar-refractivity contribution in [2.75, 3.05) is 0 Å². The van der Waals surface area contributed by atoms with Gasteiger partial charge < -0.3 is 0 Å². The van der Waals surface area contributed by atoms with Crippen LogP contribution in [0.2, 0.25) is 0 Å². The van der Waals surface area contributed by atoms with Crippen LogP contribution in [0.3, 0.4) is 0 Å². The molecule has 0 saturated carbocycles. The van der Waals surface area contributed by atoms with E-state index in [4.69, 9.17) is 19.9 Å². The van der Waals surface area contributed by atoms with E-state index in [9.17, 15) is 0 Å². The standard InChI is InChI=1S/C31H28N4/c1-19-11-13-24(14-12-19)28-20(2)34-31(35-21(28)3)27-17-15-25(16-18-27)29-22(4)32-30(33-23(29)5)26-9-7-6-8-10-26/h6-18H,1-5H3. The van der Waals surface area contributed by atoms with Gasteiger partial charge in [0.1, 0.15) is 0 Å². The van der Waals surface area contributed by atoms with Crippen LogP contribution in [0.25, 0.3) is 45.0 Å². The molecule has 2 aromatic heterocycles. The monoisotopic (exact) mass is 456 g/mol. The van der Waals surface area contributed by atoms with Crippen molar-refractivity contribution >= 4 is 0 Å². The average Bonchev–Trinajstić information content (AvgIpc) is 2.85. The van der Waals surface area contributed by atoms with Crippen LogP contribution in [0.5, 0.6) is 0 Å². The zero-order valence-corrected chi connectivity index (χ0v) is 20.8. The van der Waals surface area contributed by atoms with Gasteiger partial charge in [-0.25, -0.2) is 19.9 Å². The Morgan fingerprint density at radius 3 is 1.14 bits per heavy atom. The number of benzene rings is 3. The Morgan fingerprint density at radius 1 is 0.371 bits per heavy atom. The van der Waals surface area contributed by atoms with Crippen molar-refractivity contribution in [1.29, 1.82) is 0 Å². The molecule has 5 aromatic rings. The van der Waals surface area contributed by atoms with Gasteiger partial charge in [0.05, 0.1) is 0 Å². The van der Waals surface area contributed by atoms with E-state index in [0.717, 1.165) is 67.8 Å². The zero-order chi connectivity index (χ0) is 24.5. The highest BCUT2D eigenvalue weighted by Crippen LogP contribution is 2.31. The van der Waals surface area contributed by atoms with Crippen LogP contribution >= 0.6 is 0 Å². The lowest BCUT2D eigenvalue weighted by Crippen LogP contribution is -2.01. The fraction of sp³-hybridized carbons (Fsp3) is 0.161. The van der Waals surface area contributed by atoms with Gasteiger partial charge in [-0.3, -0.25) is 0 Å². The summed E-state index contributed by atoms with van der Waals surface area (Å²) in [5.41, 5.74) is 11.6. The third-order valence-corrected chi connectivity index (χ3v) is 6.35. The first-order valence-corrected chi connectivity index (χ1v) is 11.8. The second-order valence-electron chi connectivity index (χ2n) is 9.00. The summed E-state index contributed by atoms with van der Waals surface area (Å²) >= 11 is 0. The molecule has 0 N–H and O–H groups in total. The first-order chi connectivity index (χ1) is 16.9. The summed E-state index contributed by atoms with van der Waals surface area (Å²) < 4.78 is 0. The fourth-order valence-corrected chi connectivity index (χ4v) is 4.62. The molecule has 4 nitrogen and oxygen atoms in total. The molecule has 0 atom stereocenters. The number of rotatable bonds is 4. The minimum atomic E-state index is 0.742. The van der Waals surface area contributed by atoms with Gasteiger partial charge in [-0.1, -0.05) is 84.4 Å². The van der Waals surface area contributed by atoms with Crippen molar-refractivity contribution in [2.45, 2.75) is 34.6 Å². The van der Waals surface area contributed by atoms with Crippen molar-refractivity contribution in [3.63, 3.8) is 0 Å². The maximum absolute atomic E-state index is 4.85. The molecule has 5 rings (SSSR count). The number of aryl methyl sites for hydroxylation is 5. The Morgan fingerprint density at radius 2 is 0.714 bits per heavy atom. The summed E-state index contributed by atoms with van der Waals surface area (Å²) in [6.45, 7) is 10.3. The number of hydrogen-bond acceptors (Lipinski definition) is 4. The predicted octanol–water partition coefficient (Wildman–Crippen LogP) is 7.48. The average molecular weight is 457 g/mol. The Bertz CT molecular complexity index is 1460. The van der Waals surface area contributed by atoms with E-state index in [-0.39, 0.29) is 0 Å². The van der Waals surface area contributed by atoms with Gasteiger partial charge in [-0.15, -0.1) is 0 Å². The number of nitrogens with zero attached hydrogens (tertiary/aromatic N) is 4. The lowest BCUT2D eigenvalue weighted by atomic mass is 9.99. The van der Waals surface area contributed by atoms with E-state index >= 15 is 0 Å². The van der Waals surface area contributed by atoms with Crippen molar-refractivity contribution in [1.82, 2.24) is 19.9 Å². The van der Waals surface area contributed by atoms with Gasteiger partial charge in [-0.05, 0) is 45.7 Å². The highest BCUT2D eigenvalue weighted by Gasteiger charge is 2.14. The highest BCUT2D eigenvalue weighted by atomic mass is 14.9. The summed E-state index contributed by atoms with van der Waals surface area (Å²) in [7, 11) is 0. The van der Waals surface area contributed by atoms with E-state index in [1.165, 1.54) is 5.56 Å². The Kier molecular flexibility index (Phi) is 5.96. The Hall–Kier alpha value is -4.18. The fourth-order valence-electron chi connectivity index (χ4n) is 4.62. The van der Waals surface area contributed by atoms with Crippen molar-refractivity contribution < 1.29 is 0 Å². The van der Waals surface area contributed by atoms with Gasteiger partial charge in [0.2, 0.25) is 0 Å². The van der Waals surface area contributed by atoms with Crippen LogP contribution < -0.4 is 0 Å². The summed E-state index contributed by atoms with van der Waals surface area (Å²) in [5, 5.41) is 0. The summed E-state index contributed by atoms with van der Waals surface area (Å²) in [6, 6.07) is 27.0. The molecule has 0 bridgehead atoms. The Labute approximate surface area is 206 Å². The van der Waals surface area contributed by atoms with E-state index in [0.29, 0.717) is 0 Å². The molecule has 0 aliphatic rings. The van der Waals surface area contributed by atoms with Crippen molar-refractivity contribution in [3.8, 4) is 45.0 Å². The molecule has 0 aliphatic heterocycles. The van der Waals surface area contributed by atoms with Crippen LogP contribution in [0.1, 0.15) is 28.3 Å². The number of hydrogen-bond donors (Lipinski definition) is 0. The molecule has 172 valence electrons. The van der Waals surface area contributed by atoms with Crippen LogP contribution in [0.4, 0.5) is 0 Å². The third-order valence-electron chi connectivity index (χ3n) is 6.35. The van der Waals surface area contributed by atoms with Gasteiger partial charge in [0.15, 0.2) is 11.6 Å². The predicted molar refractivity (Wildman–Crippen MR) is 143 cm³/mol. The zero-order valence-electron chi connectivity index (χ0n) is 20.8. The van der Waals surface area contributed by atoms with E-state index in [1.807, 2.05) is 44.2 Å². The first kappa shape index (κ1) is 22.6.